The van der Waals surface area contributed by atoms with Gasteiger partial charge in [0.25, 0.3) is 0 Å². The van der Waals surface area contributed by atoms with Gasteiger partial charge < -0.3 is 14.5 Å². The average molecular weight is 247 g/mol. The maximum Gasteiger partial charge on any atom is 0.230 e. The van der Waals surface area contributed by atoms with E-state index < -0.39 is 0 Å². The minimum atomic E-state index is 0.599. The summed E-state index contributed by atoms with van der Waals surface area (Å²) in [4.78, 5) is 0. The van der Waals surface area contributed by atoms with Gasteiger partial charge in [-0.2, -0.15) is 0 Å². The molecular formula is C13H17N3O2. The maximum absolute atomic E-state index is 5.26. The fourth-order valence-electron chi connectivity index (χ4n) is 1.63. The average Bonchev–Trinajstić information content (AvgIpc) is 2.81. The maximum atomic E-state index is 5.26. The van der Waals surface area contributed by atoms with Crippen LogP contribution in [0.4, 0.5) is 0 Å². The van der Waals surface area contributed by atoms with E-state index in [1.54, 1.807) is 14.0 Å². The van der Waals surface area contributed by atoms with Crippen molar-refractivity contribution in [2.24, 2.45) is 0 Å². The second kappa shape index (κ2) is 6.16. The molecule has 18 heavy (non-hydrogen) atoms. The largest absolute Gasteiger partial charge is 0.497 e. The molecule has 0 saturated carbocycles. The lowest BCUT2D eigenvalue weighted by atomic mass is 10.1. The molecule has 0 bridgehead atoms. The number of ether oxygens (including phenoxy) is 1. The molecule has 0 atom stereocenters. The molecule has 0 unspecified atom stereocenters. The monoisotopic (exact) mass is 247 g/mol. The first-order valence-electron chi connectivity index (χ1n) is 5.90. The van der Waals surface area contributed by atoms with Crippen LogP contribution in [0.2, 0.25) is 0 Å². The zero-order valence-corrected chi connectivity index (χ0v) is 10.6. The minimum Gasteiger partial charge on any atom is -0.497 e. The van der Waals surface area contributed by atoms with Crippen LogP contribution in [0.15, 0.2) is 28.7 Å². The summed E-state index contributed by atoms with van der Waals surface area (Å²) in [5.41, 5.74) is 1.27. The second-order valence-corrected chi connectivity index (χ2v) is 3.99. The van der Waals surface area contributed by atoms with Crippen LogP contribution in [0.3, 0.4) is 0 Å². The molecule has 0 amide bonds. The van der Waals surface area contributed by atoms with E-state index in [0.29, 0.717) is 18.3 Å². The van der Waals surface area contributed by atoms with Gasteiger partial charge in [-0.3, -0.25) is 0 Å². The highest BCUT2D eigenvalue weighted by atomic mass is 16.5. The molecule has 1 N–H and O–H groups in total. The summed E-state index contributed by atoms with van der Waals surface area (Å²) in [6, 6.07) is 8.07. The second-order valence-electron chi connectivity index (χ2n) is 3.99. The zero-order valence-electron chi connectivity index (χ0n) is 10.6. The fourth-order valence-corrected chi connectivity index (χ4v) is 1.63. The van der Waals surface area contributed by atoms with Gasteiger partial charge in [0.05, 0.1) is 13.7 Å². The van der Waals surface area contributed by atoms with Gasteiger partial charge in [-0.15, -0.1) is 10.2 Å². The lowest BCUT2D eigenvalue weighted by Gasteiger charge is -2.04. The van der Waals surface area contributed by atoms with Crippen molar-refractivity contribution in [2.75, 3.05) is 13.7 Å². The molecule has 1 heterocycles. The third-order valence-corrected chi connectivity index (χ3v) is 2.59. The van der Waals surface area contributed by atoms with E-state index in [9.17, 15) is 0 Å². The highest BCUT2D eigenvalue weighted by molar-refractivity contribution is 5.27. The smallest absolute Gasteiger partial charge is 0.230 e. The van der Waals surface area contributed by atoms with E-state index in [2.05, 4.69) is 27.6 Å². The van der Waals surface area contributed by atoms with Crippen molar-refractivity contribution in [3.05, 3.63) is 41.6 Å². The predicted octanol–water partition coefficient (Wildman–Crippen LogP) is 1.72. The van der Waals surface area contributed by atoms with Crippen LogP contribution in [0, 0.1) is 6.92 Å². The Morgan fingerprint density at radius 3 is 2.61 bits per heavy atom. The third kappa shape index (κ3) is 3.56. The summed E-state index contributed by atoms with van der Waals surface area (Å²) in [5.74, 6) is 2.11. The van der Waals surface area contributed by atoms with Crippen LogP contribution in [-0.4, -0.2) is 23.9 Å². The molecule has 96 valence electrons. The Bertz CT molecular complexity index is 479. The molecule has 0 aliphatic carbocycles. The van der Waals surface area contributed by atoms with Crippen LogP contribution in [0.25, 0.3) is 0 Å². The number of nitrogens with zero attached hydrogens (tertiary/aromatic N) is 2. The van der Waals surface area contributed by atoms with Gasteiger partial charge in [0.15, 0.2) is 0 Å². The van der Waals surface area contributed by atoms with E-state index >= 15 is 0 Å². The van der Waals surface area contributed by atoms with E-state index in [4.69, 9.17) is 9.15 Å². The van der Waals surface area contributed by atoms with Gasteiger partial charge in [-0.25, -0.2) is 0 Å². The topological polar surface area (TPSA) is 60.2 Å². The molecule has 2 aromatic rings. The number of methoxy groups -OCH3 is 1. The molecule has 5 nitrogen and oxygen atoms in total. The fraction of sp³-hybridized carbons (Fsp3) is 0.385. The van der Waals surface area contributed by atoms with Crippen molar-refractivity contribution in [3.63, 3.8) is 0 Å². The molecule has 0 spiro atoms. The normalized spacial score (nSPS) is 10.6. The summed E-state index contributed by atoms with van der Waals surface area (Å²) < 4.78 is 10.4. The Hall–Kier alpha value is -1.88. The van der Waals surface area contributed by atoms with Crippen molar-refractivity contribution in [2.45, 2.75) is 19.9 Å². The molecule has 0 radical (unpaired) electrons. The van der Waals surface area contributed by atoms with Crippen molar-refractivity contribution in [1.82, 2.24) is 15.5 Å². The summed E-state index contributed by atoms with van der Waals surface area (Å²) >= 11 is 0. The first kappa shape index (κ1) is 12.6. The van der Waals surface area contributed by atoms with Crippen LogP contribution in [0.1, 0.15) is 17.3 Å². The minimum absolute atomic E-state index is 0.599. The Morgan fingerprint density at radius 1 is 1.22 bits per heavy atom. The standard InChI is InChI=1S/C13H17N3O2/c1-10-15-16-13(18-10)9-14-8-7-11-3-5-12(17-2)6-4-11/h3-6,14H,7-9H2,1-2H3. The van der Waals surface area contributed by atoms with Gasteiger partial charge in [-0.1, -0.05) is 12.1 Å². The van der Waals surface area contributed by atoms with Crippen LogP contribution >= 0.6 is 0 Å². The molecule has 5 heteroatoms. The molecular weight excluding hydrogens is 230 g/mol. The summed E-state index contributed by atoms with van der Waals surface area (Å²) in [6.45, 7) is 3.26. The van der Waals surface area contributed by atoms with Crippen LogP contribution in [-0.2, 0) is 13.0 Å². The number of hydrogen-bond donors (Lipinski definition) is 1. The van der Waals surface area contributed by atoms with Gasteiger partial charge in [-0.05, 0) is 30.7 Å². The number of aryl methyl sites for hydroxylation is 1. The van der Waals surface area contributed by atoms with Crippen molar-refractivity contribution >= 4 is 0 Å². The lowest BCUT2D eigenvalue weighted by molar-refractivity contribution is 0.414. The van der Waals surface area contributed by atoms with Gasteiger partial charge in [0, 0.05) is 6.92 Å². The van der Waals surface area contributed by atoms with Crippen LogP contribution < -0.4 is 10.1 Å². The molecule has 2 rings (SSSR count). The highest BCUT2D eigenvalue weighted by Gasteiger charge is 2.01. The molecule has 0 aliphatic heterocycles. The van der Waals surface area contributed by atoms with Crippen LogP contribution in [0.5, 0.6) is 5.75 Å². The predicted molar refractivity (Wildman–Crippen MR) is 67.4 cm³/mol. The van der Waals surface area contributed by atoms with Crippen molar-refractivity contribution in [3.8, 4) is 5.75 Å². The Balaban J connectivity index is 1.71. The van der Waals surface area contributed by atoms with E-state index in [-0.39, 0.29) is 0 Å². The Kier molecular flexibility index (Phi) is 4.30. The van der Waals surface area contributed by atoms with Gasteiger partial charge in [0.1, 0.15) is 5.75 Å². The summed E-state index contributed by atoms with van der Waals surface area (Å²) in [6.07, 6.45) is 0.955. The third-order valence-electron chi connectivity index (χ3n) is 2.59. The number of aromatic nitrogens is 2. The number of hydrogen-bond acceptors (Lipinski definition) is 5. The van der Waals surface area contributed by atoms with Gasteiger partial charge >= 0.3 is 0 Å². The number of benzene rings is 1. The van der Waals surface area contributed by atoms with Gasteiger partial charge in [0.2, 0.25) is 11.8 Å². The van der Waals surface area contributed by atoms with E-state index in [1.165, 1.54) is 5.56 Å². The van der Waals surface area contributed by atoms with E-state index in [0.717, 1.165) is 18.7 Å². The zero-order chi connectivity index (χ0) is 12.8. The highest BCUT2D eigenvalue weighted by Crippen LogP contribution is 2.11. The van der Waals surface area contributed by atoms with Crippen molar-refractivity contribution in [1.29, 1.82) is 0 Å². The molecule has 0 fully saturated rings. The Labute approximate surface area is 106 Å². The molecule has 1 aromatic heterocycles. The quantitative estimate of drug-likeness (QED) is 0.787. The lowest BCUT2D eigenvalue weighted by Crippen LogP contribution is -2.16. The summed E-state index contributed by atoms with van der Waals surface area (Å²) in [7, 11) is 1.67. The van der Waals surface area contributed by atoms with E-state index in [1.807, 2.05) is 12.1 Å². The summed E-state index contributed by atoms with van der Waals surface area (Å²) in [5, 5.41) is 11.0. The molecule has 0 saturated heterocycles. The molecule has 1 aromatic carbocycles. The first-order chi connectivity index (χ1) is 8.78. The van der Waals surface area contributed by atoms with Crippen molar-refractivity contribution < 1.29 is 9.15 Å². The Morgan fingerprint density at radius 2 is 2.00 bits per heavy atom. The number of nitrogens with one attached hydrogen (secondary N) is 1. The number of rotatable bonds is 6. The first-order valence-corrected chi connectivity index (χ1v) is 5.90. The SMILES string of the molecule is COc1ccc(CCNCc2nnc(C)o2)cc1. The molecule has 0 aliphatic rings.